The van der Waals surface area contributed by atoms with Crippen LogP contribution in [0.15, 0.2) is 48.5 Å². The van der Waals surface area contributed by atoms with Crippen molar-refractivity contribution in [2.24, 2.45) is 0 Å². The van der Waals surface area contributed by atoms with Crippen LogP contribution in [0.3, 0.4) is 0 Å². The summed E-state index contributed by atoms with van der Waals surface area (Å²) in [5.74, 6) is -1.33. The van der Waals surface area contributed by atoms with Crippen molar-refractivity contribution in [2.45, 2.75) is 26.2 Å². The van der Waals surface area contributed by atoms with Gasteiger partial charge in [0.2, 0.25) is 0 Å². The Morgan fingerprint density at radius 3 is 1.88 bits per heavy atom. The number of carbonyl (C=O) groups is 2. The molecule has 2 aromatic carbocycles. The fraction of sp³-hybridized carbons (Fsp3) is 0.211. The molecule has 0 aliphatic heterocycles. The molecule has 0 spiro atoms. The monoisotopic (exact) mass is 373 g/mol. The third-order valence-corrected chi connectivity index (χ3v) is 3.84. The summed E-state index contributed by atoms with van der Waals surface area (Å²) in [6.45, 7) is 6.27. The molecule has 0 saturated heterocycles. The van der Waals surface area contributed by atoms with Crippen LogP contribution in [0.4, 0.5) is 4.39 Å². The summed E-state index contributed by atoms with van der Waals surface area (Å²) in [7, 11) is 0. The van der Waals surface area contributed by atoms with Gasteiger partial charge >= 0.3 is 0 Å². The van der Waals surface area contributed by atoms with E-state index in [1.165, 1.54) is 24.3 Å². The molecular formula is C19H20FN3O2S. The average molecular weight is 373 g/mol. The molecule has 0 bridgehead atoms. The first kappa shape index (κ1) is 19.5. The number of halogens is 1. The Bertz CT molecular complexity index is 812. The second kappa shape index (κ2) is 8.05. The van der Waals surface area contributed by atoms with Crippen molar-refractivity contribution in [1.82, 2.24) is 16.2 Å². The molecule has 5 nitrogen and oxygen atoms in total. The minimum atomic E-state index is -0.508. The molecule has 2 aromatic rings. The van der Waals surface area contributed by atoms with Crippen molar-refractivity contribution < 1.29 is 14.0 Å². The largest absolute Gasteiger partial charge is 0.298 e. The number of carbonyl (C=O) groups excluding carboxylic acids is 2. The number of hydrogen-bond acceptors (Lipinski definition) is 3. The van der Waals surface area contributed by atoms with Gasteiger partial charge in [-0.05, 0) is 59.6 Å². The van der Waals surface area contributed by atoms with Crippen molar-refractivity contribution >= 4 is 29.1 Å². The predicted octanol–water partition coefficient (Wildman–Crippen LogP) is 3.07. The number of amides is 2. The zero-order valence-corrected chi connectivity index (χ0v) is 15.5. The van der Waals surface area contributed by atoms with E-state index in [0.717, 1.165) is 5.56 Å². The van der Waals surface area contributed by atoms with E-state index in [0.29, 0.717) is 5.56 Å². The van der Waals surface area contributed by atoms with Crippen molar-refractivity contribution in [1.29, 1.82) is 0 Å². The number of thiocarbonyl (C=S) groups is 1. The smallest absolute Gasteiger partial charge is 0.269 e. The molecule has 0 aliphatic carbocycles. The fourth-order valence-electron chi connectivity index (χ4n) is 2.12. The van der Waals surface area contributed by atoms with E-state index in [2.05, 4.69) is 36.9 Å². The van der Waals surface area contributed by atoms with Crippen molar-refractivity contribution in [3.8, 4) is 0 Å². The van der Waals surface area contributed by atoms with Crippen LogP contribution in [0.25, 0.3) is 0 Å². The molecule has 0 heterocycles. The first-order valence-corrected chi connectivity index (χ1v) is 8.35. The van der Waals surface area contributed by atoms with Crippen molar-refractivity contribution in [2.75, 3.05) is 0 Å². The number of benzene rings is 2. The zero-order valence-electron chi connectivity index (χ0n) is 14.7. The zero-order chi connectivity index (χ0) is 19.3. The van der Waals surface area contributed by atoms with Crippen LogP contribution < -0.4 is 16.2 Å². The standard InChI is InChI=1S/C19H20FN3O2S/c1-19(2,3)14-8-4-13(5-9-14)17(25)22-23-18(26)21-16(24)12-6-10-15(20)11-7-12/h4-11H,1-3H3,(H,22,25)(H2,21,23,24,26). The van der Waals surface area contributed by atoms with Crippen LogP contribution in [-0.4, -0.2) is 16.9 Å². The van der Waals surface area contributed by atoms with Gasteiger partial charge in [-0.2, -0.15) is 0 Å². The van der Waals surface area contributed by atoms with Crippen LogP contribution >= 0.6 is 12.2 Å². The summed E-state index contributed by atoms with van der Waals surface area (Å²) in [4.78, 5) is 24.1. The number of hydrogen-bond donors (Lipinski definition) is 3. The molecule has 3 N–H and O–H groups in total. The number of rotatable bonds is 2. The Kier molecular flexibility index (Phi) is 6.05. The minimum Gasteiger partial charge on any atom is -0.298 e. The van der Waals surface area contributed by atoms with Crippen molar-refractivity contribution in [3.63, 3.8) is 0 Å². The van der Waals surface area contributed by atoms with E-state index in [1.807, 2.05) is 12.1 Å². The van der Waals surface area contributed by atoms with Gasteiger partial charge in [-0.25, -0.2) is 4.39 Å². The fourth-order valence-corrected chi connectivity index (χ4v) is 2.26. The lowest BCUT2D eigenvalue weighted by Gasteiger charge is -2.19. The second-order valence-electron chi connectivity index (χ2n) is 6.70. The third kappa shape index (κ3) is 5.35. The number of nitrogens with one attached hydrogen (secondary N) is 3. The minimum absolute atomic E-state index is 0.000539. The molecule has 0 aromatic heterocycles. The Labute approximate surface area is 157 Å². The highest BCUT2D eigenvalue weighted by Gasteiger charge is 2.14. The molecule has 136 valence electrons. The summed E-state index contributed by atoms with van der Waals surface area (Å²) in [6.07, 6.45) is 0. The second-order valence-corrected chi connectivity index (χ2v) is 7.10. The summed E-state index contributed by atoms with van der Waals surface area (Å²) in [6, 6.07) is 12.2. The van der Waals surface area contributed by atoms with E-state index < -0.39 is 11.7 Å². The Morgan fingerprint density at radius 2 is 1.35 bits per heavy atom. The van der Waals surface area contributed by atoms with E-state index in [9.17, 15) is 14.0 Å². The van der Waals surface area contributed by atoms with Gasteiger partial charge in [0.15, 0.2) is 5.11 Å². The molecule has 0 radical (unpaired) electrons. The third-order valence-electron chi connectivity index (χ3n) is 3.64. The molecular weight excluding hydrogens is 353 g/mol. The van der Waals surface area contributed by atoms with Crippen molar-refractivity contribution in [3.05, 3.63) is 71.0 Å². The highest BCUT2D eigenvalue weighted by Crippen LogP contribution is 2.22. The van der Waals surface area contributed by atoms with Gasteiger partial charge < -0.3 is 0 Å². The maximum absolute atomic E-state index is 12.9. The lowest BCUT2D eigenvalue weighted by molar-refractivity contribution is 0.0934. The molecule has 0 aliphatic rings. The number of hydrazine groups is 1. The Morgan fingerprint density at radius 1 is 0.846 bits per heavy atom. The van der Waals surface area contributed by atoms with Crippen LogP contribution in [-0.2, 0) is 5.41 Å². The lowest BCUT2D eigenvalue weighted by atomic mass is 9.87. The van der Waals surface area contributed by atoms with Gasteiger partial charge in [-0.3, -0.25) is 25.8 Å². The van der Waals surface area contributed by atoms with Gasteiger partial charge in [0.05, 0.1) is 0 Å². The molecule has 0 saturated carbocycles. The summed E-state index contributed by atoms with van der Waals surface area (Å²) in [5.41, 5.74) is 6.70. The summed E-state index contributed by atoms with van der Waals surface area (Å²) < 4.78 is 12.9. The highest BCUT2D eigenvalue weighted by molar-refractivity contribution is 7.80. The Balaban J connectivity index is 1.87. The van der Waals surface area contributed by atoms with Gasteiger partial charge in [-0.1, -0.05) is 32.9 Å². The molecule has 7 heteroatoms. The van der Waals surface area contributed by atoms with E-state index in [-0.39, 0.29) is 22.0 Å². The van der Waals surface area contributed by atoms with E-state index in [1.54, 1.807) is 12.1 Å². The van der Waals surface area contributed by atoms with Crippen LogP contribution in [0.5, 0.6) is 0 Å². The molecule has 0 unspecified atom stereocenters. The molecule has 0 fully saturated rings. The predicted molar refractivity (Wildman–Crippen MR) is 102 cm³/mol. The normalized spacial score (nSPS) is 10.8. The average Bonchev–Trinajstić information content (AvgIpc) is 2.59. The summed E-state index contributed by atoms with van der Waals surface area (Å²) in [5, 5.41) is 2.33. The highest BCUT2D eigenvalue weighted by atomic mass is 32.1. The first-order chi connectivity index (χ1) is 12.2. The molecule has 2 rings (SSSR count). The van der Waals surface area contributed by atoms with Gasteiger partial charge in [0.25, 0.3) is 11.8 Å². The Hall–Kier alpha value is -2.80. The SMILES string of the molecule is CC(C)(C)c1ccc(C(=O)NNC(=S)NC(=O)c2ccc(F)cc2)cc1. The lowest BCUT2D eigenvalue weighted by Crippen LogP contribution is -2.48. The van der Waals surface area contributed by atoms with Gasteiger partial charge in [0, 0.05) is 11.1 Å². The molecule has 2 amide bonds. The van der Waals surface area contributed by atoms with Crippen LogP contribution in [0.2, 0.25) is 0 Å². The molecule has 26 heavy (non-hydrogen) atoms. The summed E-state index contributed by atoms with van der Waals surface area (Å²) >= 11 is 4.96. The quantitative estimate of drug-likeness (QED) is 0.559. The maximum atomic E-state index is 12.9. The van der Waals surface area contributed by atoms with E-state index >= 15 is 0 Å². The maximum Gasteiger partial charge on any atom is 0.269 e. The van der Waals surface area contributed by atoms with Crippen LogP contribution in [0.1, 0.15) is 47.1 Å². The topological polar surface area (TPSA) is 70.2 Å². The van der Waals surface area contributed by atoms with Gasteiger partial charge in [0.1, 0.15) is 5.82 Å². The van der Waals surface area contributed by atoms with Crippen LogP contribution in [0, 0.1) is 5.82 Å². The van der Waals surface area contributed by atoms with E-state index in [4.69, 9.17) is 12.2 Å². The van der Waals surface area contributed by atoms with Gasteiger partial charge in [-0.15, -0.1) is 0 Å². The first-order valence-electron chi connectivity index (χ1n) is 7.94. The molecule has 0 atom stereocenters.